The van der Waals surface area contributed by atoms with Crippen LogP contribution in [0.4, 0.5) is 17.5 Å². The van der Waals surface area contributed by atoms with Gasteiger partial charge < -0.3 is 10.6 Å². The molecular formula is C24H21N9. The molecule has 0 spiro atoms. The maximum absolute atomic E-state index is 4.62. The van der Waals surface area contributed by atoms with Crippen molar-refractivity contribution in [2.75, 3.05) is 10.6 Å². The molecule has 2 N–H and O–H groups in total. The van der Waals surface area contributed by atoms with Gasteiger partial charge in [0.15, 0.2) is 5.82 Å². The molecule has 5 rings (SSSR count). The van der Waals surface area contributed by atoms with Crippen LogP contribution in [-0.4, -0.2) is 34.9 Å². The number of nitrogens with one attached hydrogen (secondary N) is 2. The molecule has 5 aromatic rings. The lowest BCUT2D eigenvalue weighted by Crippen LogP contribution is -2.05. The molecule has 33 heavy (non-hydrogen) atoms. The number of hydrogen-bond acceptors (Lipinski definition) is 8. The quantitative estimate of drug-likeness (QED) is 0.378. The van der Waals surface area contributed by atoms with Crippen LogP contribution < -0.4 is 10.6 Å². The minimum atomic E-state index is 0.454. The minimum absolute atomic E-state index is 0.454. The topological polar surface area (TPSA) is 106 Å². The summed E-state index contributed by atoms with van der Waals surface area (Å²) in [6.45, 7) is 1.28. The first-order valence-corrected chi connectivity index (χ1v) is 10.5. The van der Waals surface area contributed by atoms with Crippen LogP contribution in [0.3, 0.4) is 0 Å². The lowest BCUT2D eigenvalue weighted by Gasteiger charge is -2.11. The molecule has 0 atom stereocenters. The fourth-order valence-electron chi connectivity index (χ4n) is 3.38. The summed E-state index contributed by atoms with van der Waals surface area (Å²) in [5, 5.41) is 14.5. The SMILES string of the molecule is c1ccc(CNc2ncccc2-c2ncnc(Nc3cccc(Cn4ccnn4)c3)n2)cc1. The first-order valence-electron chi connectivity index (χ1n) is 10.5. The van der Waals surface area contributed by atoms with Crippen LogP contribution in [0.1, 0.15) is 11.1 Å². The summed E-state index contributed by atoms with van der Waals surface area (Å²) in [6.07, 6.45) is 6.74. The molecule has 0 unspecified atom stereocenters. The number of anilines is 3. The van der Waals surface area contributed by atoms with E-state index in [4.69, 9.17) is 0 Å². The molecule has 0 saturated carbocycles. The summed E-state index contributed by atoms with van der Waals surface area (Å²) in [4.78, 5) is 17.8. The van der Waals surface area contributed by atoms with Crippen molar-refractivity contribution >= 4 is 17.5 Å². The van der Waals surface area contributed by atoms with E-state index in [1.165, 1.54) is 6.33 Å². The van der Waals surface area contributed by atoms with Gasteiger partial charge in [0.25, 0.3) is 0 Å². The van der Waals surface area contributed by atoms with Crippen LogP contribution >= 0.6 is 0 Å². The Labute approximate surface area is 190 Å². The van der Waals surface area contributed by atoms with Crippen molar-refractivity contribution in [1.29, 1.82) is 0 Å². The zero-order valence-electron chi connectivity index (χ0n) is 17.7. The van der Waals surface area contributed by atoms with E-state index in [0.717, 1.165) is 22.4 Å². The van der Waals surface area contributed by atoms with Crippen molar-refractivity contribution in [2.24, 2.45) is 0 Å². The number of hydrogen-bond donors (Lipinski definition) is 2. The van der Waals surface area contributed by atoms with Gasteiger partial charge in [-0.3, -0.25) is 0 Å². The summed E-state index contributed by atoms with van der Waals surface area (Å²) >= 11 is 0. The Morgan fingerprint density at radius 3 is 2.61 bits per heavy atom. The van der Waals surface area contributed by atoms with Gasteiger partial charge in [-0.15, -0.1) is 5.10 Å². The number of nitrogens with zero attached hydrogens (tertiary/aromatic N) is 7. The molecule has 0 radical (unpaired) electrons. The first-order chi connectivity index (χ1) is 16.3. The fraction of sp³-hybridized carbons (Fsp3) is 0.0833. The van der Waals surface area contributed by atoms with Crippen LogP contribution in [-0.2, 0) is 13.1 Å². The van der Waals surface area contributed by atoms with Crippen LogP contribution in [0, 0.1) is 0 Å². The Hall–Kier alpha value is -4.66. The molecule has 162 valence electrons. The molecule has 0 aliphatic rings. The summed E-state index contributed by atoms with van der Waals surface area (Å²) in [5.41, 5.74) is 3.93. The largest absolute Gasteiger partial charge is 0.365 e. The molecular weight excluding hydrogens is 414 g/mol. The zero-order valence-corrected chi connectivity index (χ0v) is 17.7. The molecule has 0 aliphatic carbocycles. The minimum Gasteiger partial charge on any atom is -0.365 e. The Balaban J connectivity index is 1.34. The number of pyridine rings is 1. The third-order valence-electron chi connectivity index (χ3n) is 4.92. The second-order valence-corrected chi connectivity index (χ2v) is 7.30. The van der Waals surface area contributed by atoms with Gasteiger partial charge in [0.1, 0.15) is 12.1 Å². The lowest BCUT2D eigenvalue weighted by molar-refractivity contribution is 0.650. The maximum Gasteiger partial charge on any atom is 0.230 e. The molecule has 9 heteroatoms. The average molecular weight is 435 g/mol. The van der Waals surface area contributed by atoms with Gasteiger partial charge in [-0.25, -0.2) is 19.6 Å². The Morgan fingerprint density at radius 2 is 1.73 bits per heavy atom. The van der Waals surface area contributed by atoms with Crippen LogP contribution in [0.25, 0.3) is 11.4 Å². The van der Waals surface area contributed by atoms with Gasteiger partial charge in [-0.2, -0.15) is 4.98 Å². The van der Waals surface area contributed by atoms with E-state index in [9.17, 15) is 0 Å². The van der Waals surface area contributed by atoms with Crippen molar-refractivity contribution in [2.45, 2.75) is 13.1 Å². The van der Waals surface area contributed by atoms with E-state index in [-0.39, 0.29) is 0 Å². The zero-order chi connectivity index (χ0) is 22.3. The molecule has 0 bridgehead atoms. The molecule has 0 saturated heterocycles. The highest BCUT2D eigenvalue weighted by atomic mass is 15.4. The van der Waals surface area contributed by atoms with E-state index in [1.54, 1.807) is 17.1 Å². The second-order valence-electron chi connectivity index (χ2n) is 7.30. The summed E-state index contributed by atoms with van der Waals surface area (Å²) in [6, 6.07) is 22.0. The predicted octanol–water partition coefficient (Wildman–Crippen LogP) is 3.93. The van der Waals surface area contributed by atoms with Crippen molar-refractivity contribution < 1.29 is 0 Å². The van der Waals surface area contributed by atoms with Crippen molar-refractivity contribution in [3.63, 3.8) is 0 Å². The number of benzene rings is 2. The van der Waals surface area contributed by atoms with Gasteiger partial charge in [-0.1, -0.05) is 47.7 Å². The smallest absolute Gasteiger partial charge is 0.230 e. The van der Waals surface area contributed by atoms with Gasteiger partial charge >= 0.3 is 0 Å². The monoisotopic (exact) mass is 435 g/mol. The van der Waals surface area contributed by atoms with Crippen LogP contribution in [0.2, 0.25) is 0 Å². The van der Waals surface area contributed by atoms with Gasteiger partial charge in [0.2, 0.25) is 5.95 Å². The molecule has 9 nitrogen and oxygen atoms in total. The molecule has 0 amide bonds. The maximum atomic E-state index is 4.62. The van der Waals surface area contributed by atoms with Gasteiger partial charge in [0.05, 0.1) is 18.3 Å². The first kappa shape index (κ1) is 20.3. The van der Waals surface area contributed by atoms with E-state index in [0.29, 0.717) is 30.7 Å². The highest BCUT2D eigenvalue weighted by molar-refractivity contribution is 5.70. The standard InChI is InChI=1S/C24H21N9/c1-2-6-18(7-3-1)15-26-22-21(10-5-11-25-22)23-27-17-28-24(31-23)30-20-9-4-8-19(14-20)16-33-13-12-29-32-33/h1-14,17H,15-16H2,(H,25,26)(H,27,28,30,31). The summed E-state index contributed by atoms with van der Waals surface area (Å²) in [7, 11) is 0. The highest BCUT2D eigenvalue weighted by Gasteiger charge is 2.11. The second kappa shape index (κ2) is 9.65. The Morgan fingerprint density at radius 1 is 0.818 bits per heavy atom. The predicted molar refractivity (Wildman–Crippen MR) is 126 cm³/mol. The van der Waals surface area contributed by atoms with E-state index in [1.807, 2.05) is 60.8 Å². The van der Waals surface area contributed by atoms with Crippen LogP contribution in [0.15, 0.2) is 91.6 Å². The summed E-state index contributed by atoms with van der Waals surface area (Å²) < 4.78 is 1.77. The van der Waals surface area contributed by atoms with E-state index >= 15 is 0 Å². The average Bonchev–Trinajstić information content (AvgIpc) is 3.37. The van der Waals surface area contributed by atoms with Crippen molar-refractivity contribution in [3.8, 4) is 11.4 Å². The molecule has 3 aromatic heterocycles. The Bertz CT molecular complexity index is 1320. The van der Waals surface area contributed by atoms with Gasteiger partial charge in [-0.05, 0) is 35.4 Å². The summed E-state index contributed by atoms with van der Waals surface area (Å²) in [5.74, 6) is 1.71. The normalized spacial score (nSPS) is 10.7. The lowest BCUT2D eigenvalue weighted by atomic mass is 10.2. The highest BCUT2D eigenvalue weighted by Crippen LogP contribution is 2.24. The van der Waals surface area contributed by atoms with E-state index in [2.05, 4.69) is 53.0 Å². The molecule has 3 heterocycles. The molecule has 0 aliphatic heterocycles. The third-order valence-corrected chi connectivity index (χ3v) is 4.92. The van der Waals surface area contributed by atoms with E-state index < -0.39 is 0 Å². The number of aromatic nitrogens is 7. The van der Waals surface area contributed by atoms with Crippen molar-refractivity contribution in [1.82, 2.24) is 34.9 Å². The van der Waals surface area contributed by atoms with Crippen molar-refractivity contribution in [3.05, 3.63) is 103 Å². The third kappa shape index (κ3) is 5.16. The molecule has 0 fully saturated rings. The Kier molecular flexibility index (Phi) is 5.92. The fourth-order valence-corrected chi connectivity index (χ4v) is 3.38. The molecule has 2 aromatic carbocycles. The van der Waals surface area contributed by atoms with Gasteiger partial charge in [0, 0.05) is 24.6 Å². The number of rotatable bonds is 8. The van der Waals surface area contributed by atoms with Crippen LogP contribution in [0.5, 0.6) is 0 Å².